The maximum Gasteiger partial charge on any atom is 0.251 e. The second-order valence-electron chi connectivity index (χ2n) is 10.2. The van der Waals surface area contributed by atoms with Gasteiger partial charge in [0.25, 0.3) is 5.91 Å². The van der Waals surface area contributed by atoms with Crippen LogP contribution in [0.3, 0.4) is 0 Å². The SMILES string of the molecule is CN1CCC2(C=Cc3cc(-c4ccc(C[C@@H](C#N)NC(=O)[C@@H]5CNCCCO5)c(F)c4)ccc32)CC1. The molecule has 2 aromatic carbocycles. The average molecular weight is 489 g/mol. The number of likely N-dealkylation sites (tertiary alicyclic amines) is 1. The summed E-state index contributed by atoms with van der Waals surface area (Å²) in [6, 6.07) is 12.8. The summed E-state index contributed by atoms with van der Waals surface area (Å²) in [5.41, 5.74) is 4.88. The standard InChI is InChI=1S/C29H33FN4O2/c1-34-12-9-29(10-13-34)8-7-22-15-20(5-6-25(22)29)21-3-4-23(26(30)17-21)16-24(18-31)33-28(35)27-19-32-11-2-14-36-27/h3-8,15,17,24,27,32H,2,9-14,16,19H2,1H3,(H,33,35)/t24-,27-/m0/s1. The second-order valence-corrected chi connectivity index (χ2v) is 10.2. The van der Waals surface area contributed by atoms with Crippen LogP contribution in [0.5, 0.6) is 0 Å². The summed E-state index contributed by atoms with van der Waals surface area (Å²) < 4.78 is 20.7. The summed E-state index contributed by atoms with van der Waals surface area (Å²) in [7, 11) is 2.17. The van der Waals surface area contributed by atoms with Crippen molar-refractivity contribution in [3.05, 3.63) is 65.0 Å². The van der Waals surface area contributed by atoms with Crippen LogP contribution < -0.4 is 10.6 Å². The lowest BCUT2D eigenvalue weighted by atomic mass is 9.74. The number of carbonyl (C=O) groups is 1. The Kier molecular flexibility index (Phi) is 7.20. The number of piperidine rings is 1. The van der Waals surface area contributed by atoms with Gasteiger partial charge in [0.2, 0.25) is 0 Å². The van der Waals surface area contributed by atoms with E-state index in [-0.39, 0.29) is 23.6 Å². The van der Waals surface area contributed by atoms with Gasteiger partial charge in [0.05, 0.1) is 6.07 Å². The molecule has 2 saturated heterocycles. The predicted molar refractivity (Wildman–Crippen MR) is 138 cm³/mol. The van der Waals surface area contributed by atoms with Crippen molar-refractivity contribution in [2.24, 2.45) is 0 Å². The lowest BCUT2D eigenvalue weighted by molar-refractivity contribution is -0.132. The molecule has 2 N–H and O–H groups in total. The Morgan fingerprint density at radius 2 is 2.06 bits per heavy atom. The van der Waals surface area contributed by atoms with E-state index in [1.54, 1.807) is 6.07 Å². The van der Waals surface area contributed by atoms with Gasteiger partial charge in [-0.15, -0.1) is 0 Å². The zero-order valence-electron chi connectivity index (χ0n) is 20.7. The number of hydrogen-bond acceptors (Lipinski definition) is 5. The zero-order chi connectivity index (χ0) is 25.1. The van der Waals surface area contributed by atoms with E-state index in [2.05, 4.69) is 59.0 Å². The molecule has 0 unspecified atom stereocenters. The number of halogens is 1. The molecule has 36 heavy (non-hydrogen) atoms. The number of allylic oxidation sites excluding steroid dienone is 1. The van der Waals surface area contributed by atoms with E-state index >= 15 is 4.39 Å². The molecule has 2 heterocycles. The highest BCUT2D eigenvalue weighted by Gasteiger charge is 2.37. The van der Waals surface area contributed by atoms with Crippen LogP contribution in [0.4, 0.5) is 4.39 Å². The van der Waals surface area contributed by atoms with Crippen LogP contribution in [0.2, 0.25) is 0 Å². The van der Waals surface area contributed by atoms with E-state index < -0.39 is 12.1 Å². The molecule has 7 heteroatoms. The highest BCUT2D eigenvalue weighted by atomic mass is 19.1. The average Bonchev–Trinajstić information content (AvgIpc) is 3.05. The smallest absolute Gasteiger partial charge is 0.251 e. The molecule has 2 atom stereocenters. The summed E-state index contributed by atoms with van der Waals surface area (Å²) in [5, 5.41) is 15.4. The molecule has 1 amide bonds. The number of ether oxygens (including phenoxy) is 1. The van der Waals surface area contributed by atoms with Crippen molar-refractivity contribution in [1.29, 1.82) is 5.26 Å². The Balaban J connectivity index is 1.27. The van der Waals surface area contributed by atoms with Crippen molar-refractivity contribution in [2.45, 2.75) is 43.2 Å². The minimum atomic E-state index is -0.833. The van der Waals surface area contributed by atoms with Crippen molar-refractivity contribution in [1.82, 2.24) is 15.5 Å². The maximum atomic E-state index is 15.1. The topological polar surface area (TPSA) is 77.4 Å². The van der Waals surface area contributed by atoms with E-state index in [1.165, 1.54) is 17.2 Å². The van der Waals surface area contributed by atoms with Crippen molar-refractivity contribution < 1.29 is 13.9 Å². The number of benzene rings is 2. The van der Waals surface area contributed by atoms with Crippen LogP contribution in [0.15, 0.2) is 42.5 Å². The van der Waals surface area contributed by atoms with Gasteiger partial charge < -0.3 is 20.3 Å². The first kappa shape index (κ1) is 24.6. The van der Waals surface area contributed by atoms with E-state index in [1.807, 2.05) is 6.07 Å². The monoisotopic (exact) mass is 488 g/mol. The first-order chi connectivity index (χ1) is 17.5. The highest BCUT2D eigenvalue weighted by Crippen LogP contribution is 2.44. The minimum absolute atomic E-state index is 0.0956. The third-order valence-corrected chi connectivity index (χ3v) is 7.77. The van der Waals surface area contributed by atoms with Crippen LogP contribution in [0, 0.1) is 17.1 Å². The van der Waals surface area contributed by atoms with Gasteiger partial charge in [0.1, 0.15) is 18.0 Å². The quantitative estimate of drug-likeness (QED) is 0.675. The molecule has 2 fully saturated rings. The Hall–Kier alpha value is -3.05. The fraction of sp³-hybridized carbons (Fsp3) is 0.448. The van der Waals surface area contributed by atoms with Gasteiger partial charge in [0.15, 0.2) is 0 Å². The van der Waals surface area contributed by atoms with Crippen molar-refractivity contribution in [3.63, 3.8) is 0 Å². The largest absolute Gasteiger partial charge is 0.367 e. The van der Waals surface area contributed by atoms with E-state index in [9.17, 15) is 10.1 Å². The van der Waals surface area contributed by atoms with Crippen LogP contribution in [0.25, 0.3) is 17.2 Å². The van der Waals surface area contributed by atoms with E-state index in [0.717, 1.165) is 50.0 Å². The zero-order valence-corrected chi connectivity index (χ0v) is 20.7. The molecular formula is C29H33FN4O2. The molecular weight excluding hydrogens is 455 g/mol. The third-order valence-electron chi connectivity index (χ3n) is 7.77. The normalized spacial score (nSPS) is 22.0. The number of rotatable bonds is 5. The molecule has 5 rings (SSSR count). The molecule has 188 valence electrons. The summed E-state index contributed by atoms with van der Waals surface area (Å²) in [6.07, 6.45) is 7.09. The second kappa shape index (κ2) is 10.5. The Labute approximate surface area is 212 Å². The molecule has 2 aromatic rings. The number of amides is 1. The molecule has 1 spiro atoms. The van der Waals surface area contributed by atoms with Crippen LogP contribution in [0.1, 0.15) is 36.0 Å². The molecule has 0 aromatic heterocycles. The summed E-state index contributed by atoms with van der Waals surface area (Å²) in [6.45, 7) is 3.87. The number of fused-ring (bicyclic) bond motifs is 2. The fourth-order valence-electron chi connectivity index (χ4n) is 5.52. The van der Waals surface area contributed by atoms with Gasteiger partial charge >= 0.3 is 0 Å². The van der Waals surface area contributed by atoms with E-state index in [4.69, 9.17) is 4.74 Å². The van der Waals surface area contributed by atoms with Gasteiger partial charge in [-0.25, -0.2) is 4.39 Å². The minimum Gasteiger partial charge on any atom is -0.367 e. The maximum absolute atomic E-state index is 15.1. The van der Waals surface area contributed by atoms with Gasteiger partial charge in [-0.3, -0.25) is 4.79 Å². The van der Waals surface area contributed by atoms with Gasteiger partial charge in [-0.2, -0.15) is 5.26 Å². The van der Waals surface area contributed by atoms with Crippen LogP contribution in [-0.2, 0) is 21.4 Å². The lowest BCUT2D eigenvalue weighted by Gasteiger charge is -2.37. The summed E-state index contributed by atoms with van der Waals surface area (Å²) >= 11 is 0. The van der Waals surface area contributed by atoms with Gasteiger partial charge in [-0.05, 0) is 85.9 Å². The molecule has 2 aliphatic heterocycles. The first-order valence-electron chi connectivity index (χ1n) is 12.8. The Morgan fingerprint density at radius 3 is 2.83 bits per heavy atom. The van der Waals surface area contributed by atoms with Crippen LogP contribution >= 0.6 is 0 Å². The van der Waals surface area contributed by atoms with Crippen molar-refractivity contribution >= 4 is 12.0 Å². The third kappa shape index (κ3) is 5.08. The molecule has 0 bridgehead atoms. The molecule has 3 aliphatic rings. The molecule has 0 radical (unpaired) electrons. The fourth-order valence-corrected chi connectivity index (χ4v) is 5.52. The highest BCUT2D eigenvalue weighted by molar-refractivity contribution is 5.81. The number of nitrogens with zero attached hydrogens (tertiary/aromatic N) is 2. The van der Waals surface area contributed by atoms with Crippen LogP contribution in [-0.4, -0.2) is 62.8 Å². The van der Waals surface area contributed by atoms with Gasteiger partial charge in [0, 0.05) is 25.0 Å². The first-order valence-corrected chi connectivity index (χ1v) is 12.8. The lowest BCUT2D eigenvalue weighted by Crippen LogP contribution is -2.46. The summed E-state index contributed by atoms with van der Waals surface area (Å²) in [5.74, 6) is -0.723. The molecule has 0 saturated carbocycles. The number of carbonyl (C=O) groups excluding carboxylic acids is 1. The molecule has 1 aliphatic carbocycles. The Bertz CT molecular complexity index is 1190. The number of nitrogens with one attached hydrogen (secondary N) is 2. The number of hydrogen-bond donors (Lipinski definition) is 2. The predicted octanol–water partition coefficient (Wildman–Crippen LogP) is 3.41. The summed E-state index contributed by atoms with van der Waals surface area (Å²) in [4.78, 5) is 14.9. The van der Waals surface area contributed by atoms with Gasteiger partial charge in [-0.1, -0.05) is 36.4 Å². The van der Waals surface area contributed by atoms with Crippen molar-refractivity contribution in [2.75, 3.05) is 39.8 Å². The molecule has 6 nitrogen and oxygen atoms in total. The Morgan fingerprint density at radius 1 is 1.28 bits per heavy atom. The number of nitriles is 1. The van der Waals surface area contributed by atoms with E-state index in [0.29, 0.717) is 18.7 Å². The van der Waals surface area contributed by atoms with Crippen molar-refractivity contribution in [3.8, 4) is 17.2 Å².